The van der Waals surface area contributed by atoms with Gasteiger partial charge in [-0.25, -0.2) is 8.42 Å². The van der Waals surface area contributed by atoms with Gasteiger partial charge in [-0.3, -0.25) is 4.79 Å². The molecular formula is C13H15N3O3S. The number of rotatable bonds is 4. The highest BCUT2D eigenvalue weighted by Crippen LogP contribution is 2.26. The van der Waals surface area contributed by atoms with E-state index in [1.54, 1.807) is 12.1 Å². The van der Waals surface area contributed by atoms with Gasteiger partial charge in [0.15, 0.2) is 0 Å². The quantitative estimate of drug-likeness (QED) is 0.471. The number of aryl methyl sites for hydroxylation is 1. The number of Topliss-reactive ketones (excluding diaryl/α,β-unsaturated/α-hetero) is 1. The second-order valence-corrected chi connectivity index (χ2v) is 6.62. The molecule has 0 spiro atoms. The zero-order valence-corrected chi connectivity index (χ0v) is 11.9. The van der Waals surface area contributed by atoms with Crippen LogP contribution in [0.15, 0.2) is 29.2 Å². The Morgan fingerprint density at radius 2 is 2.05 bits per heavy atom. The Morgan fingerprint density at radius 3 is 2.65 bits per heavy atom. The van der Waals surface area contributed by atoms with Crippen molar-refractivity contribution in [2.75, 3.05) is 6.54 Å². The minimum absolute atomic E-state index is 0.170. The van der Waals surface area contributed by atoms with Crippen molar-refractivity contribution in [3.8, 4) is 0 Å². The fourth-order valence-electron chi connectivity index (χ4n) is 2.30. The number of carbonyl (C=O) groups excluding carboxylic acids is 1. The molecule has 0 radical (unpaired) electrons. The van der Waals surface area contributed by atoms with E-state index in [-0.39, 0.29) is 4.90 Å². The average Bonchev–Trinajstić information content (AvgIpc) is 2.89. The molecule has 1 atom stereocenters. The van der Waals surface area contributed by atoms with Gasteiger partial charge in [-0.05, 0) is 31.9 Å². The predicted octanol–water partition coefficient (Wildman–Crippen LogP) is 1.02. The molecule has 1 saturated heterocycles. The highest BCUT2D eigenvalue weighted by molar-refractivity contribution is 7.89. The summed E-state index contributed by atoms with van der Waals surface area (Å²) in [5, 5.41) is 0. The summed E-state index contributed by atoms with van der Waals surface area (Å²) < 4.78 is 26.2. The Hall–Kier alpha value is -1.82. The number of hydrogen-bond donors (Lipinski definition) is 0. The minimum atomic E-state index is -3.70. The second kappa shape index (κ2) is 5.66. The summed E-state index contributed by atoms with van der Waals surface area (Å²) >= 11 is 0. The fourth-order valence-corrected chi connectivity index (χ4v) is 3.97. The van der Waals surface area contributed by atoms with Gasteiger partial charge in [0.25, 0.3) is 5.78 Å². The first kappa shape index (κ1) is 14.6. The number of hydrogen-bond acceptors (Lipinski definition) is 3. The summed E-state index contributed by atoms with van der Waals surface area (Å²) in [6, 6.07) is 5.72. The van der Waals surface area contributed by atoms with Crippen molar-refractivity contribution < 1.29 is 18.0 Å². The van der Waals surface area contributed by atoms with Gasteiger partial charge < -0.3 is 5.53 Å². The second-order valence-electron chi connectivity index (χ2n) is 4.73. The molecule has 106 valence electrons. The first-order chi connectivity index (χ1) is 9.46. The van der Waals surface area contributed by atoms with E-state index < -0.39 is 21.8 Å². The van der Waals surface area contributed by atoms with Crippen molar-refractivity contribution in [2.45, 2.75) is 30.7 Å². The number of benzene rings is 1. The van der Waals surface area contributed by atoms with Crippen LogP contribution in [0.1, 0.15) is 18.4 Å². The standard InChI is InChI=1S/C13H15N3O3S/c1-10-4-6-11(7-5-10)20(18,19)16-8-2-3-12(16)13(17)9-15-14/h4-7,9,12H,2-3,8H2,1H3/t12-/m0/s1. The van der Waals surface area contributed by atoms with Gasteiger partial charge in [0.2, 0.25) is 10.0 Å². The highest BCUT2D eigenvalue weighted by atomic mass is 32.2. The molecule has 0 N–H and O–H groups in total. The maximum Gasteiger partial charge on any atom is 0.324 e. The van der Waals surface area contributed by atoms with Crippen LogP contribution in [0.25, 0.3) is 5.53 Å². The first-order valence-corrected chi connectivity index (χ1v) is 7.70. The topological polar surface area (TPSA) is 90.9 Å². The van der Waals surface area contributed by atoms with Gasteiger partial charge in [0, 0.05) is 6.54 Å². The van der Waals surface area contributed by atoms with Gasteiger partial charge in [-0.2, -0.15) is 9.10 Å². The van der Waals surface area contributed by atoms with Crippen molar-refractivity contribution >= 4 is 22.0 Å². The summed E-state index contributed by atoms with van der Waals surface area (Å²) in [7, 11) is -3.70. The highest BCUT2D eigenvalue weighted by Gasteiger charge is 2.39. The van der Waals surface area contributed by atoms with Crippen LogP contribution in [0, 0.1) is 6.92 Å². The lowest BCUT2D eigenvalue weighted by atomic mass is 10.1. The maximum absolute atomic E-state index is 12.5. The van der Waals surface area contributed by atoms with E-state index in [9.17, 15) is 13.2 Å². The van der Waals surface area contributed by atoms with Crippen LogP contribution in [0.5, 0.6) is 0 Å². The van der Waals surface area contributed by atoms with Crippen LogP contribution in [-0.4, -0.2) is 42.1 Å². The van der Waals surface area contributed by atoms with E-state index in [0.717, 1.165) is 11.8 Å². The van der Waals surface area contributed by atoms with E-state index in [1.807, 2.05) is 6.92 Å². The molecule has 1 aliphatic heterocycles. The van der Waals surface area contributed by atoms with Gasteiger partial charge in [0.05, 0.1) is 10.9 Å². The van der Waals surface area contributed by atoms with Gasteiger partial charge in [-0.1, -0.05) is 17.7 Å². The number of nitrogens with zero attached hydrogens (tertiary/aromatic N) is 3. The average molecular weight is 293 g/mol. The van der Waals surface area contributed by atoms with Crippen LogP contribution in [0.4, 0.5) is 0 Å². The smallest absolute Gasteiger partial charge is 0.324 e. The van der Waals surface area contributed by atoms with Gasteiger partial charge in [0.1, 0.15) is 0 Å². The van der Waals surface area contributed by atoms with E-state index in [0.29, 0.717) is 19.4 Å². The molecule has 6 nitrogen and oxygen atoms in total. The summed E-state index contributed by atoms with van der Waals surface area (Å²) in [5.41, 5.74) is 9.38. The van der Waals surface area contributed by atoms with Crippen molar-refractivity contribution in [3.63, 3.8) is 0 Å². The van der Waals surface area contributed by atoms with Gasteiger partial charge in [-0.15, -0.1) is 0 Å². The molecule has 20 heavy (non-hydrogen) atoms. The Kier molecular flexibility index (Phi) is 4.13. The lowest BCUT2D eigenvalue weighted by Crippen LogP contribution is -2.41. The van der Waals surface area contributed by atoms with E-state index in [1.165, 1.54) is 16.4 Å². The van der Waals surface area contributed by atoms with E-state index >= 15 is 0 Å². The van der Waals surface area contributed by atoms with Crippen molar-refractivity contribution in [2.24, 2.45) is 0 Å². The van der Waals surface area contributed by atoms with E-state index in [2.05, 4.69) is 4.79 Å². The number of ketones is 1. The molecular weight excluding hydrogens is 278 g/mol. The van der Waals surface area contributed by atoms with E-state index in [4.69, 9.17) is 5.53 Å². The molecule has 1 aromatic carbocycles. The lowest BCUT2D eigenvalue weighted by molar-refractivity contribution is -0.118. The fraction of sp³-hybridized carbons (Fsp3) is 0.385. The lowest BCUT2D eigenvalue weighted by Gasteiger charge is -2.21. The Labute approximate surface area is 117 Å². The SMILES string of the molecule is Cc1ccc(S(=O)(=O)N2CCC[C@H]2C(=O)C=[N+]=[N-])cc1. The molecule has 1 fully saturated rings. The van der Waals surface area contributed by atoms with Gasteiger partial charge >= 0.3 is 6.21 Å². The normalized spacial score (nSPS) is 19.6. The van der Waals surface area contributed by atoms with Crippen LogP contribution in [0.2, 0.25) is 0 Å². The monoisotopic (exact) mass is 293 g/mol. The summed E-state index contributed by atoms with van der Waals surface area (Å²) in [4.78, 5) is 14.6. The molecule has 0 amide bonds. The van der Waals surface area contributed by atoms with Crippen molar-refractivity contribution in [1.82, 2.24) is 4.31 Å². The first-order valence-electron chi connectivity index (χ1n) is 6.26. The molecule has 0 saturated carbocycles. The van der Waals surface area contributed by atoms with Crippen LogP contribution < -0.4 is 0 Å². The van der Waals surface area contributed by atoms with Crippen LogP contribution in [0.3, 0.4) is 0 Å². The molecule has 1 aromatic rings. The van der Waals surface area contributed by atoms with Crippen LogP contribution in [-0.2, 0) is 14.8 Å². The molecule has 0 aliphatic carbocycles. The van der Waals surface area contributed by atoms with Crippen molar-refractivity contribution in [3.05, 3.63) is 35.4 Å². The molecule has 0 aromatic heterocycles. The molecule has 0 unspecified atom stereocenters. The predicted molar refractivity (Wildman–Crippen MR) is 72.8 cm³/mol. The Morgan fingerprint density at radius 1 is 1.40 bits per heavy atom. The molecule has 1 heterocycles. The molecule has 1 aliphatic rings. The Bertz CT molecular complexity index is 661. The summed E-state index contributed by atoms with van der Waals surface area (Å²) in [6.45, 7) is 2.17. The third kappa shape index (κ3) is 2.70. The van der Waals surface area contributed by atoms with Crippen molar-refractivity contribution in [1.29, 1.82) is 0 Å². The number of carbonyl (C=O) groups is 1. The zero-order valence-electron chi connectivity index (χ0n) is 11.1. The summed E-state index contributed by atoms with van der Waals surface area (Å²) in [6.07, 6.45) is 1.81. The summed E-state index contributed by atoms with van der Waals surface area (Å²) in [5.74, 6) is -0.499. The third-order valence-corrected chi connectivity index (χ3v) is 5.27. The maximum atomic E-state index is 12.5. The van der Waals surface area contributed by atoms with Crippen LogP contribution >= 0.6 is 0 Å². The molecule has 2 rings (SSSR count). The third-order valence-electron chi connectivity index (χ3n) is 3.34. The number of sulfonamides is 1. The largest absolute Gasteiger partial charge is 0.361 e. The molecule has 7 heteroatoms. The minimum Gasteiger partial charge on any atom is -0.361 e. The Balaban J connectivity index is 2.35. The molecule has 0 bridgehead atoms. The zero-order chi connectivity index (χ0) is 14.8.